The van der Waals surface area contributed by atoms with Gasteiger partial charge in [0.1, 0.15) is 0 Å². The molecule has 1 saturated carbocycles. The molecular weight excluding hydrogens is 368 g/mol. The van der Waals surface area contributed by atoms with Crippen LogP contribution in [0.15, 0.2) is 35.5 Å². The molecule has 0 spiro atoms. The predicted molar refractivity (Wildman–Crippen MR) is 99.0 cm³/mol. The number of anilines is 2. The van der Waals surface area contributed by atoms with Gasteiger partial charge in [0.2, 0.25) is 10.0 Å². The molecule has 0 unspecified atom stereocenters. The number of sulfonamides is 1. The van der Waals surface area contributed by atoms with Gasteiger partial charge in [0.15, 0.2) is 5.52 Å². The van der Waals surface area contributed by atoms with Crippen molar-refractivity contribution >= 4 is 32.8 Å². The van der Waals surface area contributed by atoms with E-state index in [1.807, 2.05) is 0 Å². The topological polar surface area (TPSA) is 137 Å². The van der Waals surface area contributed by atoms with Gasteiger partial charge in [-0.05, 0) is 48.0 Å². The van der Waals surface area contributed by atoms with E-state index in [0.717, 1.165) is 0 Å². The fraction of sp³-hybridized carbons (Fsp3) is 0.353. The van der Waals surface area contributed by atoms with Crippen molar-refractivity contribution in [3.8, 4) is 5.88 Å². The Hall–Kier alpha value is -2.72. The van der Waals surface area contributed by atoms with E-state index < -0.39 is 10.0 Å². The summed E-state index contributed by atoms with van der Waals surface area (Å²) in [6.45, 7) is 0.650. The summed E-state index contributed by atoms with van der Waals surface area (Å²) in [4.78, 5) is 14.8. The summed E-state index contributed by atoms with van der Waals surface area (Å²) in [5, 5.41) is 8.22. The van der Waals surface area contributed by atoms with Crippen LogP contribution in [0.4, 0.5) is 11.6 Å². The van der Waals surface area contributed by atoms with E-state index in [1.165, 1.54) is 37.8 Å². The van der Waals surface area contributed by atoms with Crippen molar-refractivity contribution in [1.29, 1.82) is 0 Å². The van der Waals surface area contributed by atoms with Crippen LogP contribution in [-0.2, 0) is 10.0 Å². The monoisotopic (exact) mass is 389 g/mol. The van der Waals surface area contributed by atoms with Crippen LogP contribution >= 0.6 is 0 Å². The smallest absolute Gasteiger partial charge is 0.399 e. The summed E-state index contributed by atoms with van der Waals surface area (Å²) in [6, 6.07) is 6.09. The molecule has 2 aromatic heterocycles. The minimum absolute atomic E-state index is 0.0494. The maximum Gasteiger partial charge on any atom is 0.399 e. The Kier molecular flexibility index (Phi) is 4.66. The summed E-state index contributed by atoms with van der Waals surface area (Å²) < 4.78 is 28.7. The van der Waals surface area contributed by atoms with Crippen molar-refractivity contribution in [1.82, 2.24) is 15.0 Å². The van der Waals surface area contributed by atoms with Crippen LogP contribution in [0.1, 0.15) is 25.7 Å². The van der Waals surface area contributed by atoms with Gasteiger partial charge in [-0.15, -0.1) is 0 Å². The first-order valence-electron chi connectivity index (χ1n) is 8.78. The number of aromatic amines is 2. The van der Waals surface area contributed by atoms with Crippen LogP contribution in [0.5, 0.6) is 5.88 Å². The van der Waals surface area contributed by atoms with Gasteiger partial charge in [-0.2, -0.15) is 0 Å². The SMILES string of the molecule is NS(=O)(=O)c1ccc(Nc2nc3nc[nH]c3c(OCC3CCCC3)[nH+]2)cc1. The van der Waals surface area contributed by atoms with Gasteiger partial charge in [-0.25, -0.2) is 28.8 Å². The Morgan fingerprint density at radius 1 is 1.26 bits per heavy atom. The molecule has 4 rings (SSSR count). The van der Waals surface area contributed by atoms with Gasteiger partial charge in [-0.3, -0.25) is 0 Å². The summed E-state index contributed by atoms with van der Waals surface area (Å²) in [7, 11) is -3.72. The summed E-state index contributed by atoms with van der Waals surface area (Å²) in [5.41, 5.74) is 1.89. The molecule has 27 heavy (non-hydrogen) atoms. The molecule has 1 fully saturated rings. The molecule has 9 nitrogen and oxygen atoms in total. The predicted octanol–water partition coefficient (Wildman–Crippen LogP) is 1.73. The van der Waals surface area contributed by atoms with Crippen LogP contribution in [0.25, 0.3) is 11.2 Å². The molecule has 5 N–H and O–H groups in total. The van der Waals surface area contributed by atoms with E-state index in [0.29, 0.717) is 41.2 Å². The summed E-state index contributed by atoms with van der Waals surface area (Å²) >= 11 is 0. The van der Waals surface area contributed by atoms with E-state index in [-0.39, 0.29) is 4.90 Å². The van der Waals surface area contributed by atoms with Crippen LogP contribution in [0.3, 0.4) is 0 Å². The lowest BCUT2D eigenvalue weighted by molar-refractivity contribution is -0.380. The van der Waals surface area contributed by atoms with Crippen molar-refractivity contribution in [2.45, 2.75) is 30.6 Å². The fourth-order valence-corrected chi connectivity index (χ4v) is 3.77. The molecule has 0 atom stereocenters. The van der Waals surface area contributed by atoms with E-state index in [4.69, 9.17) is 9.88 Å². The maximum absolute atomic E-state index is 11.4. The van der Waals surface area contributed by atoms with Crippen molar-refractivity contribution in [3.63, 3.8) is 0 Å². The molecular formula is C17H21N6O3S+. The zero-order valence-corrected chi connectivity index (χ0v) is 15.4. The first kappa shape index (κ1) is 17.7. The third kappa shape index (κ3) is 4.01. The second-order valence-electron chi connectivity index (χ2n) is 6.67. The lowest BCUT2D eigenvalue weighted by atomic mass is 10.1. The number of rotatable bonds is 6. The standard InChI is InChI=1S/C17H20N6O3S/c18-27(24,25)13-7-5-12(6-8-13)21-17-22-15-14(19-10-20-15)16(23-17)26-9-11-3-1-2-4-11/h5-8,10-11H,1-4,9H2,(H2,18,24,25)(H2,19,20,21,22,23)/p+1. The normalized spacial score (nSPS) is 15.3. The average Bonchev–Trinajstić information content (AvgIpc) is 3.31. The van der Waals surface area contributed by atoms with Crippen LogP contribution in [0, 0.1) is 5.92 Å². The van der Waals surface area contributed by atoms with E-state index in [2.05, 4.69) is 25.3 Å². The number of fused-ring (bicyclic) bond motifs is 1. The van der Waals surface area contributed by atoms with Crippen molar-refractivity contribution in [3.05, 3.63) is 30.6 Å². The number of ether oxygens (including phenoxy) is 1. The first-order valence-corrected chi connectivity index (χ1v) is 10.3. The fourth-order valence-electron chi connectivity index (χ4n) is 3.25. The Morgan fingerprint density at radius 2 is 2.00 bits per heavy atom. The lowest BCUT2D eigenvalue weighted by Crippen LogP contribution is -2.20. The number of H-pyrrole nitrogens is 2. The summed E-state index contributed by atoms with van der Waals surface area (Å²) in [6.07, 6.45) is 6.47. The molecule has 0 amide bonds. The quantitative estimate of drug-likeness (QED) is 0.587. The Morgan fingerprint density at radius 3 is 2.70 bits per heavy atom. The van der Waals surface area contributed by atoms with Crippen molar-refractivity contribution < 1.29 is 18.1 Å². The Balaban J connectivity index is 1.56. The van der Waals surface area contributed by atoms with Gasteiger partial charge in [0.05, 0.1) is 23.5 Å². The van der Waals surface area contributed by atoms with E-state index >= 15 is 0 Å². The minimum atomic E-state index is -3.72. The lowest BCUT2D eigenvalue weighted by Gasteiger charge is -2.10. The molecule has 10 heteroatoms. The molecule has 1 aliphatic rings. The highest BCUT2D eigenvalue weighted by Crippen LogP contribution is 2.26. The van der Waals surface area contributed by atoms with Gasteiger partial charge < -0.3 is 9.72 Å². The number of nitrogens with two attached hydrogens (primary N) is 1. The largest absolute Gasteiger partial charge is 0.466 e. The Bertz CT molecular complexity index is 1040. The minimum Gasteiger partial charge on any atom is -0.466 e. The van der Waals surface area contributed by atoms with E-state index in [1.54, 1.807) is 18.5 Å². The van der Waals surface area contributed by atoms with E-state index in [9.17, 15) is 8.42 Å². The number of benzene rings is 1. The average molecular weight is 389 g/mol. The zero-order valence-electron chi connectivity index (χ0n) is 14.6. The molecule has 142 valence electrons. The number of nitrogens with one attached hydrogen (secondary N) is 3. The second-order valence-corrected chi connectivity index (χ2v) is 8.23. The molecule has 1 aromatic carbocycles. The van der Waals surface area contributed by atoms with Crippen LogP contribution in [-0.4, -0.2) is 30.0 Å². The summed E-state index contributed by atoms with van der Waals surface area (Å²) in [5.74, 6) is 1.60. The highest BCUT2D eigenvalue weighted by molar-refractivity contribution is 7.89. The van der Waals surface area contributed by atoms with Gasteiger partial charge >= 0.3 is 5.95 Å². The maximum atomic E-state index is 11.4. The molecule has 3 aromatic rings. The third-order valence-electron chi connectivity index (χ3n) is 4.68. The first-order chi connectivity index (χ1) is 13.0. The van der Waals surface area contributed by atoms with Gasteiger partial charge in [-0.1, -0.05) is 12.8 Å². The Labute approximate surface area is 156 Å². The number of nitrogens with zero attached hydrogens (tertiary/aromatic N) is 2. The van der Waals surface area contributed by atoms with Crippen LogP contribution < -0.4 is 20.2 Å². The van der Waals surface area contributed by atoms with Gasteiger partial charge in [0, 0.05) is 0 Å². The van der Waals surface area contributed by atoms with Crippen molar-refractivity contribution in [2.75, 3.05) is 11.9 Å². The number of aromatic nitrogens is 4. The number of hydrogen-bond donors (Lipinski definition) is 3. The van der Waals surface area contributed by atoms with Crippen LogP contribution in [0.2, 0.25) is 0 Å². The highest BCUT2D eigenvalue weighted by Gasteiger charge is 2.21. The highest BCUT2D eigenvalue weighted by atomic mass is 32.2. The molecule has 0 aliphatic heterocycles. The molecule has 0 saturated heterocycles. The number of hydrogen-bond acceptors (Lipinski definition) is 6. The number of imidazole rings is 1. The van der Waals surface area contributed by atoms with Crippen molar-refractivity contribution in [2.24, 2.45) is 11.1 Å². The molecule has 0 bridgehead atoms. The molecule has 2 heterocycles. The van der Waals surface area contributed by atoms with Gasteiger partial charge in [0.25, 0.3) is 11.5 Å². The number of primary sulfonamides is 1. The molecule has 1 aliphatic carbocycles. The zero-order chi connectivity index (χ0) is 18.9. The molecule has 0 radical (unpaired) electrons. The third-order valence-corrected chi connectivity index (χ3v) is 5.61. The second kappa shape index (κ2) is 7.12.